The van der Waals surface area contributed by atoms with Crippen LogP contribution < -0.4 is 0 Å². The van der Waals surface area contributed by atoms with Gasteiger partial charge in [-0.1, -0.05) is 24.3 Å². The summed E-state index contributed by atoms with van der Waals surface area (Å²) in [5.41, 5.74) is 1.44. The molecular formula is C18H21FN2O2. The number of rotatable bonds is 5. The van der Waals surface area contributed by atoms with Gasteiger partial charge in [-0.2, -0.15) is 0 Å². The predicted molar refractivity (Wildman–Crippen MR) is 87.4 cm³/mol. The van der Waals surface area contributed by atoms with Gasteiger partial charge >= 0.3 is 0 Å². The third kappa shape index (κ3) is 4.29. The summed E-state index contributed by atoms with van der Waals surface area (Å²) >= 11 is 0. The van der Waals surface area contributed by atoms with Crippen LogP contribution in [0, 0.1) is 5.82 Å². The SMILES string of the molecule is CN(Cc1cccc(O)c1)C(=O)[C@H](c1cccc(F)c1)N(C)C. The Balaban J connectivity index is 2.20. The molecule has 0 bridgehead atoms. The highest BCUT2D eigenvalue weighted by Gasteiger charge is 2.26. The standard InChI is InChI=1S/C18H21FN2O2/c1-20(2)17(14-7-5-8-15(19)11-14)18(23)21(3)12-13-6-4-9-16(22)10-13/h4-11,17,22H,12H2,1-3H3/t17-/m0/s1. The minimum Gasteiger partial charge on any atom is -0.508 e. The van der Waals surface area contributed by atoms with Gasteiger partial charge in [0.25, 0.3) is 0 Å². The molecule has 4 nitrogen and oxygen atoms in total. The quantitative estimate of drug-likeness (QED) is 0.922. The number of hydrogen-bond acceptors (Lipinski definition) is 3. The van der Waals surface area contributed by atoms with Gasteiger partial charge in [0.1, 0.15) is 17.6 Å². The van der Waals surface area contributed by atoms with Gasteiger partial charge < -0.3 is 10.0 Å². The molecular weight excluding hydrogens is 295 g/mol. The van der Waals surface area contributed by atoms with E-state index in [0.29, 0.717) is 12.1 Å². The first-order valence-corrected chi connectivity index (χ1v) is 7.33. The van der Waals surface area contributed by atoms with Crippen LogP contribution >= 0.6 is 0 Å². The average Bonchev–Trinajstić information content (AvgIpc) is 2.47. The molecule has 1 N–H and O–H groups in total. The van der Waals surface area contributed by atoms with E-state index in [1.54, 1.807) is 61.3 Å². The highest BCUT2D eigenvalue weighted by molar-refractivity contribution is 5.83. The molecule has 2 aromatic carbocycles. The van der Waals surface area contributed by atoms with Crippen molar-refractivity contribution in [1.29, 1.82) is 0 Å². The molecule has 0 fully saturated rings. The van der Waals surface area contributed by atoms with E-state index in [-0.39, 0.29) is 17.5 Å². The molecule has 0 radical (unpaired) electrons. The van der Waals surface area contributed by atoms with E-state index in [1.807, 2.05) is 6.07 Å². The van der Waals surface area contributed by atoms with E-state index in [9.17, 15) is 14.3 Å². The Morgan fingerprint density at radius 3 is 2.43 bits per heavy atom. The number of halogens is 1. The van der Waals surface area contributed by atoms with Crippen LogP contribution in [0.25, 0.3) is 0 Å². The summed E-state index contributed by atoms with van der Waals surface area (Å²) in [6.45, 7) is 0.368. The summed E-state index contributed by atoms with van der Waals surface area (Å²) in [5, 5.41) is 9.52. The zero-order chi connectivity index (χ0) is 17.0. The van der Waals surface area contributed by atoms with Crippen molar-refractivity contribution in [3.63, 3.8) is 0 Å². The van der Waals surface area contributed by atoms with Gasteiger partial charge in [-0.3, -0.25) is 9.69 Å². The van der Waals surface area contributed by atoms with Gasteiger partial charge in [-0.15, -0.1) is 0 Å². The van der Waals surface area contributed by atoms with Crippen LogP contribution in [0.3, 0.4) is 0 Å². The molecule has 2 aromatic rings. The van der Waals surface area contributed by atoms with Crippen molar-refractivity contribution in [1.82, 2.24) is 9.80 Å². The van der Waals surface area contributed by atoms with E-state index in [1.165, 1.54) is 12.1 Å². The van der Waals surface area contributed by atoms with Gasteiger partial charge in [0.2, 0.25) is 5.91 Å². The van der Waals surface area contributed by atoms with Crippen molar-refractivity contribution in [3.05, 3.63) is 65.5 Å². The molecule has 5 heteroatoms. The second-order valence-corrected chi connectivity index (χ2v) is 5.79. The third-order valence-electron chi connectivity index (χ3n) is 3.62. The number of carbonyl (C=O) groups excluding carboxylic acids is 1. The lowest BCUT2D eigenvalue weighted by molar-refractivity contribution is -0.135. The second kappa shape index (κ2) is 7.24. The first-order chi connectivity index (χ1) is 10.9. The molecule has 2 rings (SSSR count). The van der Waals surface area contributed by atoms with Gasteiger partial charge in [0, 0.05) is 13.6 Å². The fourth-order valence-corrected chi connectivity index (χ4v) is 2.55. The average molecular weight is 316 g/mol. The van der Waals surface area contributed by atoms with Crippen molar-refractivity contribution in [2.45, 2.75) is 12.6 Å². The molecule has 0 saturated carbocycles. The second-order valence-electron chi connectivity index (χ2n) is 5.79. The lowest BCUT2D eigenvalue weighted by Crippen LogP contribution is -2.38. The van der Waals surface area contributed by atoms with Crippen molar-refractivity contribution >= 4 is 5.91 Å². The van der Waals surface area contributed by atoms with Crippen molar-refractivity contribution in [2.75, 3.05) is 21.1 Å². The zero-order valence-electron chi connectivity index (χ0n) is 13.5. The number of amides is 1. The first-order valence-electron chi connectivity index (χ1n) is 7.33. The number of benzene rings is 2. The largest absolute Gasteiger partial charge is 0.508 e. The van der Waals surface area contributed by atoms with E-state index in [2.05, 4.69) is 0 Å². The number of phenols is 1. The maximum atomic E-state index is 13.5. The van der Waals surface area contributed by atoms with E-state index < -0.39 is 6.04 Å². The molecule has 0 aliphatic heterocycles. The van der Waals surface area contributed by atoms with Crippen LogP contribution in [-0.4, -0.2) is 42.0 Å². The Morgan fingerprint density at radius 2 is 1.83 bits per heavy atom. The zero-order valence-corrected chi connectivity index (χ0v) is 13.5. The highest BCUT2D eigenvalue weighted by Crippen LogP contribution is 2.22. The number of aromatic hydroxyl groups is 1. The fourth-order valence-electron chi connectivity index (χ4n) is 2.55. The van der Waals surface area contributed by atoms with Gasteiger partial charge in [-0.05, 0) is 49.5 Å². The molecule has 0 aromatic heterocycles. The maximum Gasteiger partial charge on any atom is 0.244 e. The first kappa shape index (κ1) is 17.0. The van der Waals surface area contributed by atoms with Gasteiger partial charge in [0.05, 0.1) is 0 Å². The normalized spacial score (nSPS) is 12.2. The van der Waals surface area contributed by atoms with Crippen LogP contribution in [0.15, 0.2) is 48.5 Å². The molecule has 0 heterocycles. The minimum atomic E-state index is -0.562. The number of likely N-dealkylation sites (N-methyl/N-ethyl adjacent to an activating group) is 2. The Bertz CT molecular complexity index is 688. The molecule has 0 spiro atoms. The summed E-state index contributed by atoms with van der Waals surface area (Å²) in [7, 11) is 5.27. The topological polar surface area (TPSA) is 43.8 Å². The highest BCUT2D eigenvalue weighted by atomic mass is 19.1. The molecule has 0 aliphatic rings. The van der Waals surface area contributed by atoms with Crippen LogP contribution in [0.2, 0.25) is 0 Å². The lowest BCUT2D eigenvalue weighted by atomic mass is 10.0. The number of carbonyl (C=O) groups is 1. The smallest absolute Gasteiger partial charge is 0.244 e. The summed E-state index contributed by atoms with van der Waals surface area (Å²) in [4.78, 5) is 16.1. The summed E-state index contributed by atoms with van der Waals surface area (Å²) in [6.07, 6.45) is 0. The lowest BCUT2D eigenvalue weighted by Gasteiger charge is -2.28. The number of nitrogens with zero attached hydrogens (tertiary/aromatic N) is 2. The van der Waals surface area contributed by atoms with Crippen LogP contribution in [0.1, 0.15) is 17.2 Å². The Labute approximate surface area is 135 Å². The molecule has 0 unspecified atom stereocenters. The van der Waals surface area contributed by atoms with Crippen LogP contribution in [-0.2, 0) is 11.3 Å². The summed E-state index contributed by atoms with van der Waals surface area (Å²) in [5.74, 6) is -0.334. The minimum absolute atomic E-state index is 0.135. The fraction of sp³-hybridized carbons (Fsp3) is 0.278. The predicted octanol–water partition coefficient (Wildman–Crippen LogP) is 2.79. The number of hydrogen-bond donors (Lipinski definition) is 1. The van der Waals surface area contributed by atoms with E-state index in [4.69, 9.17) is 0 Å². The van der Waals surface area contributed by atoms with E-state index in [0.717, 1.165) is 5.56 Å². The van der Waals surface area contributed by atoms with Crippen molar-refractivity contribution < 1.29 is 14.3 Å². The van der Waals surface area contributed by atoms with Gasteiger partial charge in [-0.25, -0.2) is 4.39 Å². The summed E-state index contributed by atoms with van der Waals surface area (Å²) in [6, 6.07) is 12.3. The Morgan fingerprint density at radius 1 is 1.13 bits per heavy atom. The Kier molecular flexibility index (Phi) is 5.34. The molecule has 23 heavy (non-hydrogen) atoms. The number of phenolic OH excluding ortho intramolecular Hbond substituents is 1. The monoisotopic (exact) mass is 316 g/mol. The van der Waals surface area contributed by atoms with Crippen molar-refractivity contribution in [3.8, 4) is 5.75 Å². The van der Waals surface area contributed by atoms with E-state index >= 15 is 0 Å². The summed E-state index contributed by atoms with van der Waals surface area (Å²) < 4.78 is 13.5. The molecule has 1 amide bonds. The molecule has 122 valence electrons. The van der Waals surface area contributed by atoms with Crippen molar-refractivity contribution in [2.24, 2.45) is 0 Å². The third-order valence-corrected chi connectivity index (χ3v) is 3.62. The van der Waals surface area contributed by atoms with Crippen LogP contribution in [0.5, 0.6) is 5.75 Å². The Hall–Kier alpha value is -2.40. The molecule has 0 saturated heterocycles. The molecule has 0 aliphatic carbocycles. The van der Waals surface area contributed by atoms with Gasteiger partial charge in [0.15, 0.2) is 0 Å². The maximum absolute atomic E-state index is 13.5. The van der Waals surface area contributed by atoms with Crippen LogP contribution in [0.4, 0.5) is 4.39 Å². The molecule has 1 atom stereocenters.